The molecule has 0 aliphatic heterocycles. The summed E-state index contributed by atoms with van der Waals surface area (Å²) >= 11 is 1.79. The predicted octanol–water partition coefficient (Wildman–Crippen LogP) is 5.68. The van der Waals surface area contributed by atoms with Gasteiger partial charge in [0.15, 0.2) is 0 Å². The second-order valence-corrected chi connectivity index (χ2v) is 10.0. The van der Waals surface area contributed by atoms with Crippen molar-refractivity contribution in [2.24, 2.45) is 0 Å². The molecular formula is C24H25NO3S2. The van der Waals surface area contributed by atoms with Crippen LogP contribution >= 0.6 is 11.8 Å². The van der Waals surface area contributed by atoms with Crippen LogP contribution < -0.4 is 0 Å². The molecule has 1 atom stereocenters. The van der Waals surface area contributed by atoms with E-state index in [1.807, 2.05) is 12.1 Å². The molecule has 0 bridgehead atoms. The summed E-state index contributed by atoms with van der Waals surface area (Å²) in [5.41, 5.74) is 4.75. The summed E-state index contributed by atoms with van der Waals surface area (Å²) in [4.78, 5) is 3.46. The number of H-pyrrole nitrogens is 1. The lowest BCUT2D eigenvalue weighted by molar-refractivity contribution is 0.309. The van der Waals surface area contributed by atoms with Crippen molar-refractivity contribution in [3.63, 3.8) is 0 Å². The van der Waals surface area contributed by atoms with Crippen LogP contribution in [0, 0.1) is 0 Å². The van der Waals surface area contributed by atoms with E-state index in [1.54, 1.807) is 11.8 Å². The summed E-state index contributed by atoms with van der Waals surface area (Å²) in [6.45, 7) is 0.146. The predicted molar refractivity (Wildman–Crippen MR) is 127 cm³/mol. The molecule has 156 valence electrons. The molecule has 3 aromatic carbocycles. The van der Waals surface area contributed by atoms with E-state index in [0.29, 0.717) is 6.42 Å². The average molecular weight is 440 g/mol. The molecule has 4 rings (SSSR count). The fourth-order valence-corrected chi connectivity index (χ4v) is 5.00. The third kappa shape index (κ3) is 4.56. The molecule has 1 heterocycles. The number of para-hydroxylation sites is 1. The van der Waals surface area contributed by atoms with E-state index in [2.05, 4.69) is 66.0 Å². The fraction of sp³-hybridized carbons (Fsp3) is 0.250. The molecule has 0 saturated carbocycles. The SMILES string of the molecule is CSCc1cccc2c(C(CCOS(C)(=O)=O)c3ccc4ccccc4c3)c[nH]c12. The molecule has 0 aliphatic carbocycles. The zero-order valence-electron chi connectivity index (χ0n) is 17.1. The molecule has 0 spiro atoms. The minimum Gasteiger partial charge on any atom is -0.361 e. The van der Waals surface area contributed by atoms with Crippen molar-refractivity contribution in [1.29, 1.82) is 0 Å². The van der Waals surface area contributed by atoms with Crippen molar-refractivity contribution in [2.75, 3.05) is 19.1 Å². The van der Waals surface area contributed by atoms with Crippen LogP contribution in [0.2, 0.25) is 0 Å². The van der Waals surface area contributed by atoms with Gasteiger partial charge in [0, 0.05) is 28.8 Å². The van der Waals surface area contributed by atoms with Crippen LogP contribution in [0.5, 0.6) is 0 Å². The Kier molecular flexibility index (Phi) is 6.18. The monoisotopic (exact) mass is 439 g/mol. The van der Waals surface area contributed by atoms with Crippen LogP contribution in [0.4, 0.5) is 0 Å². The van der Waals surface area contributed by atoms with Gasteiger partial charge in [0.2, 0.25) is 0 Å². The third-order valence-electron chi connectivity index (χ3n) is 5.39. The number of thioether (sulfide) groups is 1. The van der Waals surface area contributed by atoms with Gasteiger partial charge in [-0.25, -0.2) is 0 Å². The molecule has 4 nitrogen and oxygen atoms in total. The van der Waals surface area contributed by atoms with Gasteiger partial charge < -0.3 is 4.98 Å². The average Bonchev–Trinajstić information content (AvgIpc) is 3.15. The third-order valence-corrected chi connectivity index (χ3v) is 6.58. The van der Waals surface area contributed by atoms with Gasteiger partial charge in [-0.15, -0.1) is 0 Å². The lowest BCUT2D eigenvalue weighted by Crippen LogP contribution is -2.09. The van der Waals surface area contributed by atoms with E-state index < -0.39 is 10.1 Å². The summed E-state index contributed by atoms with van der Waals surface area (Å²) in [5, 5.41) is 3.54. The number of hydrogen-bond acceptors (Lipinski definition) is 4. The number of fused-ring (bicyclic) bond motifs is 2. The van der Waals surface area contributed by atoms with E-state index in [9.17, 15) is 8.42 Å². The number of aromatic nitrogens is 1. The van der Waals surface area contributed by atoms with Crippen molar-refractivity contribution >= 4 is 43.6 Å². The van der Waals surface area contributed by atoms with Gasteiger partial charge in [0.25, 0.3) is 10.1 Å². The Morgan fingerprint density at radius 3 is 2.60 bits per heavy atom. The Hall–Kier alpha value is -2.28. The van der Waals surface area contributed by atoms with Gasteiger partial charge in [-0.2, -0.15) is 20.2 Å². The van der Waals surface area contributed by atoms with Crippen LogP contribution in [-0.4, -0.2) is 32.5 Å². The molecule has 1 aromatic heterocycles. The summed E-state index contributed by atoms with van der Waals surface area (Å²) in [6, 6.07) is 21.1. The minimum absolute atomic E-state index is 0.0228. The van der Waals surface area contributed by atoms with Crippen LogP contribution in [0.1, 0.15) is 29.0 Å². The molecule has 0 saturated heterocycles. The molecule has 0 amide bonds. The first-order valence-corrected chi connectivity index (χ1v) is 13.1. The lowest BCUT2D eigenvalue weighted by atomic mass is 9.87. The maximum absolute atomic E-state index is 11.5. The van der Waals surface area contributed by atoms with Gasteiger partial charge in [0.05, 0.1) is 12.9 Å². The van der Waals surface area contributed by atoms with Crippen molar-refractivity contribution in [3.8, 4) is 0 Å². The normalized spacial score (nSPS) is 13.1. The highest BCUT2D eigenvalue weighted by molar-refractivity contribution is 7.97. The maximum atomic E-state index is 11.5. The van der Waals surface area contributed by atoms with Gasteiger partial charge >= 0.3 is 0 Å². The number of nitrogens with one attached hydrogen (secondary N) is 1. The molecule has 6 heteroatoms. The lowest BCUT2D eigenvalue weighted by Gasteiger charge is -2.18. The van der Waals surface area contributed by atoms with E-state index in [-0.39, 0.29) is 12.5 Å². The standard InChI is InChI=1S/C24H25NO3S2/c1-29-16-20-8-5-9-22-23(15-25-24(20)22)21(12-13-28-30(2,26)27)19-11-10-17-6-3-4-7-18(17)14-19/h3-11,14-15,21,25H,12-13,16H2,1-2H3. The highest BCUT2D eigenvalue weighted by atomic mass is 32.2. The van der Waals surface area contributed by atoms with E-state index in [1.165, 1.54) is 27.3 Å². The topological polar surface area (TPSA) is 59.2 Å². The van der Waals surface area contributed by atoms with E-state index in [4.69, 9.17) is 4.18 Å². The number of rotatable bonds is 8. The second kappa shape index (κ2) is 8.84. The molecule has 1 N–H and O–H groups in total. The Bertz CT molecular complexity index is 1280. The summed E-state index contributed by atoms with van der Waals surface area (Å²) in [6.07, 6.45) is 5.83. The van der Waals surface area contributed by atoms with Gasteiger partial charge in [-0.05, 0) is 40.1 Å². The largest absolute Gasteiger partial charge is 0.361 e. The van der Waals surface area contributed by atoms with E-state index in [0.717, 1.165) is 23.1 Å². The molecule has 30 heavy (non-hydrogen) atoms. The smallest absolute Gasteiger partial charge is 0.264 e. The van der Waals surface area contributed by atoms with Crippen LogP contribution in [0.25, 0.3) is 21.7 Å². The quantitative estimate of drug-likeness (QED) is 0.359. The molecular weight excluding hydrogens is 414 g/mol. The zero-order valence-corrected chi connectivity index (χ0v) is 18.7. The first kappa shape index (κ1) is 21.0. The Morgan fingerprint density at radius 1 is 1.03 bits per heavy atom. The molecule has 4 aromatic rings. The fourth-order valence-electron chi connectivity index (χ4n) is 4.05. The summed E-state index contributed by atoms with van der Waals surface area (Å²) in [5.74, 6) is 0.962. The van der Waals surface area contributed by atoms with Gasteiger partial charge in [-0.1, -0.05) is 60.7 Å². The Labute approximate surface area is 181 Å². The Balaban J connectivity index is 1.78. The second-order valence-electron chi connectivity index (χ2n) is 7.49. The highest BCUT2D eigenvalue weighted by Gasteiger charge is 2.20. The van der Waals surface area contributed by atoms with Crippen LogP contribution in [0.15, 0.2) is 66.9 Å². The van der Waals surface area contributed by atoms with E-state index >= 15 is 0 Å². The van der Waals surface area contributed by atoms with Crippen molar-refractivity contribution in [3.05, 3.63) is 83.6 Å². The van der Waals surface area contributed by atoms with Crippen molar-refractivity contribution in [2.45, 2.75) is 18.1 Å². The molecule has 0 radical (unpaired) electrons. The van der Waals surface area contributed by atoms with Gasteiger partial charge in [0.1, 0.15) is 0 Å². The number of aromatic amines is 1. The maximum Gasteiger partial charge on any atom is 0.264 e. The van der Waals surface area contributed by atoms with Gasteiger partial charge in [-0.3, -0.25) is 4.18 Å². The first-order valence-electron chi connectivity index (χ1n) is 9.87. The van der Waals surface area contributed by atoms with Crippen LogP contribution in [-0.2, 0) is 20.1 Å². The number of benzene rings is 3. The Morgan fingerprint density at radius 2 is 1.83 bits per heavy atom. The zero-order chi connectivity index (χ0) is 21.1. The molecule has 1 unspecified atom stereocenters. The minimum atomic E-state index is -3.47. The first-order chi connectivity index (χ1) is 14.5. The van der Waals surface area contributed by atoms with Crippen molar-refractivity contribution < 1.29 is 12.6 Å². The molecule has 0 aliphatic rings. The number of hydrogen-bond donors (Lipinski definition) is 1. The highest BCUT2D eigenvalue weighted by Crippen LogP contribution is 2.36. The van der Waals surface area contributed by atoms with Crippen LogP contribution in [0.3, 0.4) is 0 Å². The summed E-state index contributed by atoms with van der Waals surface area (Å²) < 4.78 is 28.1. The summed E-state index contributed by atoms with van der Waals surface area (Å²) in [7, 11) is -3.47. The van der Waals surface area contributed by atoms with Crippen molar-refractivity contribution in [1.82, 2.24) is 4.98 Å². The molecule has 0 fully saturated rings.